The van der Waals surface area contributed by atoms with Crippen LogP contribution in [0.4, 0.5) is 0 Å². The van der Waals surface area contributed by atoms with Crippen LogP contribution in [0.2, 0.25) is 0 Å². The van der Waals surface area contributed by atoms with Crippen molar-refractivity contribution < 1.29 is 28.7 Å². The van der Waals surface area contributed by atoms with Gasteiger partial charge in [0, 0.05) is 5.56 Å². The zero-order valence-corrected chi connectivity index (χ0v) is 12.9. The Kier molecular flexibility index (Phi) is 5.10. The van der Waals surface area contributed by atoms with E-state index in [1.807, 2.05) is 0 Å². The van der Waals surface area contributed by atoms with E-state index >= 15 is 0 Å². The van der Waals surface area contributed by atoms with Crippen LogP contribution >= 0.6 is 0 Å². The van der Waals surface area contributed by atoms with Crippen molar-refractivity contribution in [2.45, 2.75) is 12.5 Å². The number of rotatable bonds is 3. The Morgan fingerprint density at radius 1 is 1.04 bits per heavy atom. The molecule has 0 spiro atoms. The van der Waals surface area contributed by atoms with Gasteiger partial charge in [-0.25, -0.2) is 4.79 Å². The molecule has 7 nitrogen and oxygen atoms in total. The number of nitrogens with zero attached hydrogens (tertiary/aromatic N) is 1. The number of carbonyl (C=O) groups is 4. The molecule has 1 heterocycles. The number of methoxy groups -OCH3 is 2. The quantitative estimate of drug-likeness (QED) is 0.593. The predicted octanol–water partition coefficient (Wildman–Crippen LogP) is 0.432. The number of carbonyl (C=O) groups excluding carboxylic acids is 4. The van der Waals surface area contributed by atoms with Gasteiger partial charge in [-0.15, -0.1) is 0 Å². The molecule has 1 amide bonds. The Bertz CT molecular complexity index is 627. The first-order chi connectivity index (χ1) is 11.0. The molecule has 0 bridgehead atoms. The van der Waals surface area contributed by atoms with Crippen molar-refractivity contribution in [1.29, 1.82) is 0 Å². The van der Waals surface area contributed by atoms with E-state index < -0.39 is 35.6 Å². The fourth-order valence-electron chi connectivity index (χ4n) is 2.56. The second-order valence-corrected chi connectivity index (χ2v) is 5.12. The Labute approximate surface area is 133 Å². The third-order valence-electron chi connectivity index (χ3n) is 3.79. The minimum atomic E-state index is -1.07. The number of benzene rings is 1. The lowest BCUT2D eigenvalue weighted by atomic mass is 9.89. The number of ketones is 1. The fourth-order valence-corrected chi connectivity index (χ4v) is 2.56. The maximum atomic E-state index is 12.6. The van der Waals surface area contributed by atoms with Gasteiger partial charge in [0.25, 0.3) is 5.91 Å². The zero-order chi connectivity index (χ0) is 17.0. The van der Waals surface area contributed by atoms with Crippen LogP contribution in [0.15, 0.2) is 30.3 Å². The lowest BCUT2D eigenvalue weighted by Crippen LogP contribution is -2.55. The first-order valence-electron chi connectivity index (χ1n) is 7.04. The van der Waals surface area contributed by atoms with E-state index in [-0.39, 0.29) is 13.0 Å². The SMILES string of the molecule is COC(=O)[C@H]1C[C@@H](C(=O)OC)N(C(=O)c2ccccc2)CC1=O. The predicted molar refractivity (Wildman–Crippen MR) is 78.4 cm³/mol. The molecular weight excluding hydrogens is 302 g/mol. The molecule has 1 aromatic rings. The second kappa shape index (κ2) is 7.04. The average molecular weight is 319 g/mol. The minimum absolute atomic E-state index is 0.142. The molecule has 0 aliphatic carbocycles. The summed E-state index contributed by atoms with van der Waals surface area (Å²) in [5, 5.41) is 0. The molecule has 0 N–H and O–H groups in total. The minimum Gasteiger partial charge on any atom is -0.468 e. The van der Waals surface area contributed by atoms with Crippen LogP contribution in [0.1, 0.15) is 16.8 Å². The molecule has 1 fully saturated rings. The van der Waals surface area contributed by atoms with Gasteiger partial charge in [-0.1, -0.05) is 18.2 Å². The third-order valence-corrected chi connectivity index (χ3v) is 3.79. The van der Waals surface area contributed by atoms with Gasteiger partial charge in [-0.2, -0.15) is 0 Å². The van der Waals surface area contributed by atoms with Gasteiger partial charge in [0.05, 0.1) is 20.8 Å². The lowest BCUT2D eigenvalue weighted by Gasteiger charge is -2.35. The molecule has 7 heteroatoms. The van der Waals surface area contributed by atoms with Crippen molar-refractivity contribution in [3.05, 3.63) is 35.9 Å². The van der Waals surface area contributed by atoms with E-state index in [1.165, 1.54) is 14.2 Å². The molecular formula is C16H17NO6. The van der Waals surface area contributed by atoms with Crippen LogP contribution in [-0.2, 0) is 23.9 Å². The van der Waals surface area contributed by atoms with E-state index in [0.29, 0.717) is 5.56 Å². The Morgan fingerprint density at radius 3 is 2.22 bits per heavy atom. The number of amides is 1. The molecule has 23 heavy (non-hydrogen) atoms. The molecule has 0 saturated carbocycles. The van der Waals surface area contributed by atoms with Crippen molar-refractivity contribution in [3.8, 4) is 0 Å². The van der Waals surface area contributed by atoms with E-state index in [9.17, 15) is 19.2 Å². The van der Waals surface area contributed by atoms with E-state index in [0.717, 1.165) is 4.90 Å². The number of Topliss-reactive ketones (excluding diaryl/α,β-unsaturated/α-hetero) is 1. The maximum Gasteiger partial charge on any atom is 0.328 e. The van der Waals surface area contributed by atoms with Gasteiger partial charge >= 0.3 is 11.9 Å². The van der Waals surface area contributed by atoms with Crippen molar-refractivity contribution in [2.75, 3.05) is 20.8 Å². The summed E-state index contributed by atoms with van der Waals surface area (Å²) in [6.45, 7) is -0.340. The van der Waals surface area contributed by atoms with Crippen molar-refractivity contribution in [2.24, 2.45) is 5.92 Å². The summed E-state index contributed by atoms with van der Waals surface area (Å²) in [4.78, 5) is 49.5. The van der Waals surface area contributed by atoms with Crippen LogP contribution in [-0.4, -0.2) is 55.3 Å². The zero-order valence-electron chi connectivity index (χ0n) is 12.9. The molecule has 0 aromatic heterocycles. The monoisotopic (exact) mass is 319 g/mol. The van der Waals surface area contributed by atoms with Gasteiger partial charge in [-0.3, -0.25) is 14.4 Å². The van der Waals surface area contributed by atoms with E-state index in [2.05, 4.69) is 4.74 Å². The molecule has 2 rings (SSSR count). The van der Waals surface area contributed by atoms with E-state index in [1.54, 1.807) is 30.3 Å². The topological polar surface area (TPSA) is 90.0 Å². The first-order valence-corrected chi connectivity index (χ1v) is 7.04. The largest absolute Gasteiger partial charge is 0.468 e. The molecule has 1 aliphatic rings. The van der Waals surface area contributed by atoms with Gasteiger partial charge in [0.2, 0.25) is 0 Å². The highest BCUT2D eigenvalue weighted by molar-refractivity contribution is 6.06. The smallest absolute Gasteiger partial charge is 0.328 e. The summed E-state index contributed by atoms with van der Waals surface area (Å²) in [6, 6.07) is 7.30. The Hall–Kier alpha value is -2.70. The van der Waals surface area contributed by atoms with Crippen LogP contribution < -0.4 is 0 Å². The van der Waals surface area contributed by atoms with Gasteiger partial charge < -0.3 is 14.4 Å². The summed E-state index contributed by atoms with van der Waals surface area (Å²) in [5.41, 5.74) is 0.353. The molecule has 122 valence electrons. The number of piperidine rings is 1. The van der Waals surface area contributed by atoms with Crippen molar-refractivity contribution in [1.82, 2.24) is 4.90 Å². The standard InChI is InChI=1S/C16H17NO6/c1-22-15(20)11-8-12(16(21)23-2)17(9-13(11)18)14(19)10-6-4-3-5-7-10/h3-7,11-12H,8-9H2,1-2H3/t11-,12-/m0/s1. The number of hydrogen-bond acceptors (Lipinski definition) is 6. The molecule has 1 aliphatic heterocycles. The average Bonchev–Trinajstić information content (AvgIpc) is 2.60. The molecule has 1 saturated heterocycles. The number of likely N-dealkylation sites (tertiary alicyclic amines) is 1. The number of esters is 2. The highest BCUT2D eigenvalue weighted by Crippen LogP contribution is 2.24. The summed E-state index contributed by atoms with van der Waals surface area (Å²) in [7, 11) is 2.36. The number of hydrogen-bond donors (Lipinski definition) is 0. The van der Waals surface area contributed by atoms with Gasteiger partial charge in [0.1, 0.15) is 12.0 Å². The molecule has 1 aromatic carbocycles. The third kappa shape index (κ3) is 3.39. The second-order valence-electron chi connectivity index (χ2n) is 5.12. The van der Waals surface area contributed by atoms with Crippen LogP contribution in [0.3, 0.4) is 0 Å². The van der Waals surface area contributed by atoms with E-state index in [4.69, 9.17) is 4.74 Å². The molecule has 2 atom stereocenters. The normalized spacial score (nSPS) is 20.8. The Balaban J connectivity index is 2.30. The maximum absolute atomic E-state index is 12.6. The lowest BCUT2D eigenvalue weighted by molar-refractivity contribution is -0.156. The van der Waals surface area contributed by atoms with Crippen molar-refractivity contribution in [3.63, 3.8) is 0 Å². The van der Waals surface area contributed by atoms with Crippen LogP contribution in [0.25, 0.3) is 0 Å². The highest BCUT2D eigenvalue weighted by atomic mass is 16.5. The van der Waals surface area contributed by atoms with Crippen LogP contribution in [0, 0.1) is 5.92 Å². The van der Waals surface area contributed by atoms with Gasteiger partial charge in [-0.05, 0) is 18.6 Å². The fraction of sp³-hybridized carbons (Fsp3) is 0.375. The summed E-state index contributed by atoms with van der Waals surface area (Å²) in [5.74, 6) is -3.37. The summed E-state index contributed by atoms with van der Waals surface area (Å²) >= 11 is 0. The highest BCUT2D eigenvalue weighted by Gasteiger charge is 2.44. The van der Waals surface area contributed by atoms with Crippen molar-refractivity contribution >= 4 is 23.6 Å². The van der Waals surface area contributed by atoms with Gasteiger partial charge in [0.15, 0.2) is 5.78 Å². The summed E-state index contributed by atoms with van der Waals surface area (Å²) < 4.78 is 9.29. The Morgan fingerprint density at radius 2 is 1.65 bits per heavy atom. The molecule has 0 radical (unpaired) electrons. The first kappa shape index (κ1) is 16.7. The molecule has 0 unspecified atom stereocenters. The number of ether oxygens (including phenoxy) is 2. The van der Waals surface area contributed by atoms with Crippen LogP contribution in [0.5, 0.6) is 0 Å². The summed E-state index contributed by atoms with van der Waals surface area (Å²) in [6.07, 6.45) is -0.142.